The first kappa shape index (κ1) is 7.05. The van der Waals surface area contributed by atoms with E-state index in [4.69, 9.17) is 0 Å². The Bertz CT molecular complexity index is 203. The van der Waals surface area contributed by atoms with Gasteiger partial charge >= 0.3 is 0 Å². The molecule has 1 aromatic rings. The van der Waals surface area contributed by atoms with Crippen molar-refractivity contribution in [1.82, 2.24) is 15.0 Å². The van der Waals surface area contributed by atoms with Crippen molar-refractivity contribution in [3.63, 3.8) is 0 Å². The highest BCUT2D eigenvalue weighted by atomic mass is 15.4. The van der Waals surface area contributed by atoms with Gasteiger partial charge in [-0.2, -0.15) is 0 Å². The Kier molecular flexibility index (Phi) is 1.89. The van der Waals surface area contributed by atoms with Crippen LogP contribution in [0.4, 0.5) is 5.82 Å². The lowest BCUT2D eigenvalue weighted by atomic mass is 10.4. The molecule has 10 heavy (non-hydrogen) atoms. The molecule has 0 radical (unpaired) electrons. The van der Waals surface area contributed by atoms with Gasteiger partial charge in [-0.05, 0) is 13.8 Å². The maximum Gasteiger partial charge on any atom is 0.168 e. The van der Waals surface area contributed by atoms with Crippen LogP contribution in [-0.2, 0) is 7.05 Å². The zero-order valence-electron chi connectivity index (χ0n) is 6.50. The number of hydrogen-bond acceptors (Lipinski definition) is 3. The molecule has 0 spiro atoms. The Balaban J connectivity index is 2.58. The molecule has 0 amide bonds. The Morgan fingerprint density at radius 2 is 2.30 bits per heavy atom. The van der Waals surface area contributed by atoms with Crippen molar-refractivity contribution in [3.05, 3.63) is 6.20 Å². The van der Waals surface area contributed by atoms with E-state index in [1.807, 2.05) is 13.2 Å². The van der Waals surface area contributed by atoms with E-state index in [2.05, 4.69) is 29.5 Å². The normalized spacial score (nSPS) is 10.4. The summed E-state index contributed by atoms with van der Waals surface area (Å²) in [4.78, 5) is 0. The number of anilines is 1. The van der Waals surface area contributed by atoms with Crippen LogP contribution >= 0.6 is 0 Å². The third-order valence-corrected chi connectivity index (χ3v) is 1.04. The third kappa shape index (κ3) is 1.72. The molecule has 0 aliphatic heterocycles. The van der Waals surface area contributed by atoms with Gasteiger partial charge in [0.2, 0.25) is 0 Å². The first-order valence-electron chi connectivity index (χ1n) is 3.31. The molecule has 4 nitrogen and oxygen atoms in total. The number of nitrogens with one attached hydrogen (secondary N) is 1. The Labute approximate surface area is 60.2 Å². The number of nitrogens with zero attached hydrogens (tertiary/aromatic N) is 3. The molecular weight excluding hydrogens is 128 g/mol. The molecule has 0 aliphatic carbocycles. The summed E-state index contributed by atoms with van der Waals surface area (Å²) in [6.45, 7) is 4.13. The SMILES string of the molecule is CC(C)Nc1cn(C)nn1. The van der Waals surface area contributed by atoms with Gasteiger partial charge in [-0.25, -0.2) is 0 Å². The van der Waals surface area contributed by atoms with Crippen LogP contribution in [-0.4, -0.2) is 21.0 Å². The molecule has 1 heterocycles. The van der Waals surface area contributed by atoms with Crippen molar-refractivity contribution >= 4 is 5.82 Å². The molecule has 1 rings (SSSR count). The van der Waals surface area contributed by atoms with Gasteiger partial charge in [0.05, 0.1) is 6.20 Å². The minimum atomic E-state index is 0.414. The molecule has 0 bridgehead atoms. The summed E-state index contributed by atoms with van der Waals surface area (Å²) < 4.78 is 1.67. The van der Waals surface area contributed by atoms with Crippen LogP contribution < -0.4 is 5.32 Å². The second-order valence-corrected chi connectivity index (χ2v) is 2.58. The molecule has 0 unspecified atom stereocenters. The molecule has 0 saturated carbocycles. The van der Waals surface area contributed by atoms with Crippen molar-refractivity contribution in [3.8, 4) is 0 Å². The van der Waals surface area contributed by atoms with E-state index in [0.717, 1.165) is 5.82 Å². The standard InChI is InChI=1S/C6H12N4/c1-5(2)7-6-4-10(3)9-8-6/h4-5,7H,1-3H3. The topological polar surface area (TPSA) is 42.7 Å². The minimum absolute atomic E-state index is 0.414. The van der Waals surface area contributed by atoms with Gasteiger partial charge < -0.3 is 5.32 Å². The van der Waals surface area contributed by atoms with Crippen LogP contribution in [0.25, 0.3) is 0 Å². The summed E-state index contributed by atoms with van der Waals surface area (Å²) in [6.07, 6.45) is 1.85. The fraction of sp³-hybridized carbons (Fsp3) is 0.667. The number of aryl methyl sites for hydroxylation is 1. The van der Waals surface area contributed by atoms with E-state index >= 15 is 0 Å². The monoisotopic (exact) mass is 140 g/mol. The third-order valence-electron chi connectivity index (χ3n) is 1.04. The first-order valence-corrected chi connectivity index (χ1v) is 3.31. The van der Waals surface area contributed by atoms with E-state index < -0.39 is 0 Å². The molecule has 1 aromatic heterocycles. The van der Waals surface area contributed by atoms with Crippen molar-refractivity contribution in [2.75, 3.05) is 5.32 Å². The lowest BCUT2D eigenvalue weighted by Crippen LogP contribution is -2.09. The Morgan fingerprint density at radius 3 is 2.70 bits per heavy atom. The number of rotatable bonds is 2. The van der Waals surface area contributed by atoms with Crippen LogP contribution in [0.1, 0.15) is 13.8 Å². The second-order valence-electron chi connectivity index (χ2n) is 2.58. The molecule has 0 atom stereocenters. The second kappa shape index (κ2) is 2.68. The molecule has 4 heteroatoms. The van der Waals surface area contributed by atoms with Crippen LogP contribution in [0, 0.1) is 0 Å². The van der Waals surface area contributed by atoms with Gasteiger partial charge in [-0.3, -0.25) is 4.68 Å². The van der Waals surface area contributed by atoms with Gasteiger partial charge in [0.1, 0.15) is 0 Å². The van der Waals surface area contributed by atoms with E-state index in [1.165, 1.54) is 0 Å². The van der Waals surface area contributed by atoms with E-state index in [9.17, 15) is 0 Å². The lowest BCUT2D eigenvalue weighted by Gasteiger charge is -2.03. The van der Waals surface area contributed by atoms with Crippen molar-refractivity contribution in [2.45, 2.75) is 19.9 Å². The van der Waals surface area contributed by atoms with Crippen molar-refractivity contribution in [2.24, 2.45) is 7.05 Å². The summed E-state index contributed by atoms with van der Waals surface area (Å²) in [5, 5.41) is 10.8. The number of hydrogen-bond donors (Lipinski definition) is 1. The van der Waals surface area contributed by atoms with E-state index in [-0.39, 0.29) is 0 Å². The zero-order chi connectivity index (χ0) is 7.56. The Hall–Kier alpha value is -1.06. The Morgan fingerprint density at radius 1 is 1.60 bits per heavy atom. The predicted molar refractivity (Wildman–Crippen MR) is 39.8 cm³/mol. The van der Waals surface area contributed by atoms with Gasteiger partial charge in [-0.1, -0.05) is 5.21 Å². The largest absolute Gasteiger partial charge is 0.365 e. The summed E-state index contributed by atoms with van der Waals surface area (Å²) in [5.74, 6) is 0.831. The predicted octanol–water partition coefficient (Wildman–Crippen LogP) is 0.635. The molecular formula is C6H12N4. The quantitative estimate of drug-likeness (QED) is 0.655. The number of aromatic nitrogens is 3. The molecule has 0 aliphatic rings. The maximum atomic E-state index is 3.86. The highest BCUT2D eigenvalue weighted by molar-refractivity contribution is 5.29. The fourth-order valence-corrected chi connectivity index (χ4v) is 0.709. The lowest BCUT2D eigenvalue weighted by molar-refractivity contribution is 0.714. The van der Waals surface area contributed by atoms with Crippen LogP contribution in [0.2, 0.25) is 0 Å². The first-order chi connectivity index (χ1) is 4.68. The molecule has 0 saturated heterocycles. The fourth-order valence-electron chi connectivity index (χ4n) is 0.709. The van der Waals surface area contributed by atoms with Gasteiger partial charge in [-0.15, -0.1) is 5.10 Å². The summed E-state index contributed by atoms with van der Waals surface area (Å²) in [5.41, 5.74) is 0. The zero-order valence-corrected chi connectivity index (χ0v) is 6.50. The van der Waals surface area contributed by atoms with Crippen molar-refractivity contribution < 1.29 is 0 Å². The van der Waals surface area contributed by atoms with Crippen LogP contribution in [0.3, 0.4) is 0 Å². The summed E-state index contributed by atoms with van der Waals surface area (Å²) in [6, 6.07) is 0.414. The van der Waals surface area contributed by atoms with Gasteiger partial charge in [0.15, 0.2) is 5.82 Å². The highest BCUT2D eigenvalue weighted by Gasteiger charge is 1.97. The van der Waals surface area contributed by atoms with Gasteiger partial charge in [0.25, 0.3) is 0 Å². The van der Waals surface area contributed by atoms with Gasteiger partial charge in [0, 0.05) is 13.1 Å². The molecule has 0 fully saturated rings. The van der Waals surface area contributed by atoms with Crippen molar-refractivity contribution in [1.29, 1.82) is 0 Å². The average Bonchev–Trinajstić information content (AvgIpc) is 2.13. The molecule has 1 N–H and O–H groups in total. The maximum absolute atomic E-state index is 3.86. The van der Waals surface area contributed by atoms with E-state index in [0.29, 0.717) is 6.04 Å². The van der Waals surface area contributed by atoms with Crippen LogP contribution in [0.5, 0.6) is 0 Å². The molecule has 0 aromatic carbocycles. The van der Waals surface area contributed by atoms with E-state index in [1.54, 1.807) is 4.68 Å². The molecule has 56 valence electrons. The minimum Gasteiger partial charge on any atom is -0.365 e. The summed E-state index contributed by atoms with van der Waals surface area (Å²) in [7, 11) is 1.85. The summed E-state index contributed by atoms with van der Waals surface area (Å²) >= 11 is 0. The highest BCUT2D eigenvalue weighted by Crippen LogP contribution is 1.99. The van der Waals surface area contributed by atoms with Crippen LogP contribution in [0.15, 0.2) is 6.20 Å². The average molecular weight is 140 g/mol. The smallest absolute Gasteiger partial charge is 0.168 e.